The number of ether oxygens (including phenoxy) is 1. The smallest absolute Gasteiger partial charge is 0.190 e. The van der Waals surface area contributed by atoms with E-state index in [9.17, 15) is 4.39 Å². The van der Waals surface area contributed by atoms with Gasteiger partial charge in [0.1, 0.15) is 11.6 Å². The average molecular weight is 367 g/mol. The normalized spacial score (nSPS) is 10.5. The van der Waals surface area contributed by atoms with Crippen molar-refractivity contribution < 1.29 is 9.13 Å². The molecule has 1 aromatic rings. The zero-order valence-electron chi connectivity index (χ0n) is 10.6. The van der Waals surface area contributed by atoms with Gasteiger partial charge in [0.05, 0.1) is 6.61 Å². The van der Waals surface area contributed by atoms with Crippen LogP contribution in [0.25, 0.3) is 0 Å². The lowest BCUT2D eigenvalue weighted by molar-refractivity contribution is 0.310. The molecule has 0 aliphatic carbocycles. The maximum Gasteiger partial charge on any atom is 0.190 e. The Hall–Kier alpha value is -1.05. The second-order valence-electron chi connectivity index (χ2n) is 3.40. The molecule has 0 saturated carbocycles. The quantitative estimate of drug-likeness (QED) is 0.362. The first-order chi connectivity index (χ1) is 8.26. The molecule has 1 rings (SSSR count). The second kappa shape index (κ2) is 9.93. The first kappa shape index (κ1) is 16.9. The minimum Gasteiger partial charge on any atom is -0.494 e. The predicted octanol–water partition coefficient (Wildman–Crippen LogP) is 2.01. The van der Waals surface area contributed by atoms with Gasteiger partial charge in [-0.25, -0.2) is 4.39 Å². The van der Waals surface area contributed by atoms with E-state index in [1.54, 1.807) is 19.2 Å². The Bertz CT molecular complexity index is 357. The Balaban J connectivity index is 0.00000289. The van der Waals surface area contributed by atoms with E-state index in [2.05, 4.69) is 15.6 Å². The van der Waals surface area contributed by atoms with Crippen molar-refractivity contribution in [2.24, 2.45) is 4.99 Å². The summed E-state index contributed by atoms with van der Waals surface area (Å²) in [5.74, 6) is 1.19. The lowest BCUT2D eigenvalue weighted by Gasteiger charge is -2.09. The summed E-state index contributed by atoms with van der Waals surface area (Å²) in [5.41, 5.74) is 0. The molecule has 0 radical (unpaired) electrons. The zero-order valence-corrected chi connectivity index (χ0v) is 12.9. The van der Waals surface area contributed by atoms with E-state index in [0.29, 0.717) is 12.4 Å². The number of rotatable bonds is 5. The van der Waals surface area contributed by atoms with Crippen molar-refractivity contribution in [3.8, 4) is 5.75 Å². The van der Waals surface area contributed by atoms with Crippen LogP contribution < -0.4 is 15.4 Å². The van der Waals surface area contributed by atoms with E-state index < -0.39 is 0 Å². The number of hydrogen-bond acceptors (Lipinski definition) is 2. The van der Waals surface area contributed by atoms with E-state index in [1.165, 1.54) is 12.1 Å². The van der Waals surface area contributed by atoms with Gasteiger partial charge in [0.15, 0.2) is 5.96 Å². The topological polar surface area (TPSA) is 45.7 Å². The van der Waals surface area contributed by atoms with E-state index in [4.69, 9.17) is 4.74 Å². The summed E-state index contributed by atoms with van der Waals surface area (Å²) in [5, 5.41) is 6.04. The first-order valence-electron chi connectivity index (χ1n) is 5.53. The molecule has 0 spiro atoms. The number of halogens is 2. The summed E-state index contributed by atoms with van der Waals surface area (Å²) in [4.78, 5) is 3.98. The van der Waals surface area contributed by atoms with Gasteiger partial charge in [-0.15, -0.1) is 24.0 Å². The summed E-state index contributed by atoms with van der Waals surface area (Å²) in [6, 6.07) is 6.01. The highest BCUT2D eigenvalue weighted by atomic mass is 127. The van der Waals surface area contributed by atoms with Crippen molar-refractivity contribution in [3.05, 3.63) is 30.1 Å². The molecular weight excluding hydrogens is 348 g/mol. The highest BCUT2D eigenvalue weighted by Crippen LogP contribution is 2.10. The molecule has 0 aromatic heterocycles. The highest BCUT2D eigenvalue weighted by molar-refractivity contribution is 14.0. The van der Waals surface area contributed by atoms with Crippen molar-refractivity contribution in [1.82, 2.24) is 10.6 Å². The molecule has 0 fully saturated rings. The fourth-order valence-corrected chi connectivity index (χ4v) is 1.28. The largest absolute Gasteiger partial charge is 0.494 e. The summed E-state index contributed by atoms with van der Waals surface area (Å²) in [6.45, 7) is 1.36. The van der Waals surface area contributed by atoms with E-state index in [-0.39, 0.29) is 29.8 Å². The van der Waals surface area contributed by atoms with Crippen molar-refractivity contribution in [1.29, 1.82) is 0 Å². The maximum atomic E-state index is 12.6. The Morgan fingerprint density at radius 1 is 1.33 bits per heavy atom. The van der Waals surface area contributed by atoms with E-state index in [1.807, 2.05) is 7.05 Å². The van der Waals surface area contributed by atoms with Gasteiger partial charge in [-0.3, -0.25) is 4.99 Å². The Kier molecular flexibility index (Phi) is 9.35. The molecule has 0 heterocycles. The number of nitrogens with one attached hydrogen (secondary N) is 2. The van der Waals surface area contributed by atoms with Gasteiger partial charge in [-0.05, 0) is 30.7 Å². The monoisotopic (exact) mass is 367 g/mol. The van der Waals surface area contributed by atoms with Crippen LogP contribution in [0, 0.1) is 5.82 Å². The summed E-state index contributed by atoms with van der Waals surface area (Å²) >= 11 is 0. The van der Waals surface area contributed by atoms with Crippen molar-refractivity contribution in [2.45, 2.75) is 6.42 Å². The molecule has 0 bridgehead atoms. The fraction of sp³-hybridized carbons (Fsp3) is 0.417. The van der Waals surface area contributed by atoms with Gasteiger partial charge in [0.2, 0.25) is 0 Å². The van der Waals surface area contributed by atoms with Crippen LogP contribution in [0.15, 0.2) is 29.3 Å². The SMILES string of the molecule is CN=C(NC)NCCCOc1ccc(F)cc1.I. The molecule has 0 aliphatic rings. The van der Waals surface area contributed by atoms with Crippen LogP contribution in [0.4, 0.5) is 4.39 Å². The Morgan fingerprint density at radius 2 is 2.00 bits per heavy atom. The maximum absolute atomic E-state index is 12.6. The third-order valence-corrected chi connectivity index (χ3v) is 2.16. The van der Waals surface area contributed by atoms with Crippen LogP contribution in [0.5, 0.6) is 5.75 Å². The molecule has 0 unspecified atom stereocenters. The predicted molar refractivity (Wildman–Crippen MR) is 82.3 cm³/mol. The summed E-state index contributed by atoms with van der Waals surface area (Å²) < 4.78 is 18.1. The average Bonchev–Trinajstić information content (AvgIpc) is 2.36. The Morgan fingerprint density at radius 3 is 2.56 bits per heavy atom. The number of guanidine groups is 1. The van der Waals surface area contributed by atoms with Crippen molar-refractivity contribution in [3.63, 3.8) is 0 Å². The molecule has 6 heteroatoms. The number of benzene rings is 1. The van der Waals surface area contributed by atoms with E-state index >= 15 is 0 Å². The van der Waals surface area contributed by atoms with Crippen LogP contribution in [0.3, 0.4) is 0 Å². The lowest BCUT2D eigenvalue weighted by Crippen LogP contribution is -2.35. The minimum absolute atomic E-state index is 0. The molecular formula is C12H19FIN3O. The molecule has 102 valence electrons. The summed E-state index contributed by atoms with van der Waals surface area (Å²) in [7, 11) is 3.53. The van der Waals surface area contributed by atoms with Gasteiger partial charge in [0, 0.05) is 20.6 Å². The van der Waals surface area contributed by atoms with Crippen molar-refractivity contribution >= 4 is 29.9 Å². The third kappa shape index (κ3) is 6.63. The molecule has 0 atom stereocenters. The Labute approximate surface area is 124 Å². The van der Waals surface area contributed by atoms with Crippen LogP contribution in [-0.2, 0) is 0 Å². The molecule has 1 aromatic carbocycles. The number of hydrogen-bond donors (Lipinski definition) is 2. The molecule has 4 nitrogen and oxygen atoms in total. The van der Waals surface area contributed by atoms with Gasteiger partial charge < -0.3 is 15.4 Å². The van der Waals surface area contributed by atoms with Crippen LogP contribution in [0.1, 0.15) is 6.42 Å². The lowest BCUT2D eigenvalue weighted by atomic mass is 10.3. The minimum atomic E-state index is -0.253. The molecule has 0 amide bonds. The third-order valence-electron chi connectivity index (χ3n) is 2.16. The first-order valence-corrected chi connectivity index (χ1v) is 5.53. The summed E-state index contributed by atoms with van der Waals surface area (Å²) in [6.07, 6.45) is 0.845. The molecule has 0 saturated heterocycles. The van der Waals surface area contributed by atoms with Gasteiger partial charge in [0.25, 0.3) is 0 Å². The number of aliphatic imine (C=N–C) groups is 1. The van der Waals surface area contributed by atoms with Crippen LogP contribution >= 0.6 is 24.0 Å². The van der Waals surface area contributed by atoms with Gasteiger partial charge >= 0.3 is 0 Å². The standard InChI is InChI=1S/C12H18FN3O.HI/c1-14-12(15-2)16-8-3-9-17-11-6-4-10(13)5-7-11;/h4-7H,3,8-9H2,1-2H3,(H2,14,15,16);1H. The van der Waals surface area contributed by atoms with Crippen LogP contribution in [-0.4, -0.2) is 33.2 Å². The van der Waals surface area contributed by atoms with Gasteiger partial charge in [-0.2, -0.15) is 0 Å². The highest BCUT2D eigenvalue weighted by Gasteiger charge is 1.95. The molecule has 18 heavy (non-hydrogen) atoms. The van der Waals surface area contributed by atoms with Crippen LogP contribution in [0.2, 0.25) is 0 Å². The van der Waals surface area contributed by atoms with Gasteiger partial charge in [-0.1, -0.05) is 0 Å². The molecule has 2 N–H and O–H groups in total. The second-order valence-corrected chi connectivity index (χ2v) is 3.40. The number of nitrogens with zero attached hydrogens (tertiary/aromatic N) is 1. The fourth-order valence-electron chi connectivity index (χ4n) is 1.28. The molecule has 0 aliphatic heterocycles. The van der Waals surface area contributed by atoms with E-state index in [0.717, 1.165) is 18.9 Å². The zero-order chi connectivity index (χ0) is 12.5. The van der Waals surface area contributed by atoms with Crippen molar-refractivity contribution in [2.75, 3.05) is 27.2 Å².